The lowest BCUT2D eigenvalue weighted by atomic mass is 9.88. The first-order chi connectivity index (χ1) is 19.2. The van der Waals surface area contributed by atoms with E-state index in [1.165, 1.54) is 0 Å². The van der Waals surface area contributed by atoms with Gasteiger partial charge in [-0.2, -0.15) is 5.10 Å². The van der Waals surface area contributed by atoms with Gasteiger partial charge in [-0.1, -0.05) is 17.3 Å². The number of rotatable bonds is 3. The van der Waals surface area contributed by atoms with Crippen LogP contribution in [0.4, 0.5) is 0 Å². The third-order valence-corrected chi connectivity index (χ3v) is 7.74. The number of aryl methyl sites for hydroxylation is 4. The molecule has 2 bridgehead atoms. The number of nitrogens with zero attached hydrogens (tertiary/aromatic N) is 5. The predicted octanol–water partition coefficient (Wildman–Crippen LogP) is 2.39. The molecule has 5 rings (SSSR count). The number of fused-ring (bicyclic) bond motifs is 4. The number of hydrogen-bond donors (Lipinski definition) is 1. The van der Waals surface area contributed by atoms with E-state index in [1.54, 1.807) is 28.3 Å². The summed E-state index contributed by atoms with van der Waals surface area (Å²) in [4.78, 5) is 43.6. The summed E-state index contributed by atoms with van der Waals surface area (Å²) >= 11 is 0. The van der Waals surface area contributed by atoms with Crippen molar-refractivity contribution < 1.29 is 23.6 Å². The van der Waals surface area contributed by atoms with Gasteiger partial charge in [0.25, 0.3) is 5.91 Å². The van der Waals surface area contributed by atoms with Gasteiger partial charge in [0.05, 0.1) is 23.9 Å². The highest BCUT2D eigenvalue weighted by molar-refractivity contribution is 5.96. The first-order valence-corrected chi connectivity index (χ1v) is 13.7. The van der Waals surface area contributed by atoms with Crippen LogP contribution in [-0.4, -0.2) is 81.8 Å². The fraction of sp³-hybridized carbons (Fsp3) is 0.483. The van der Waals surface area contributed by atoms with Crippen LogP contribution in [0.15, 0.2) is 34.9 Å². The topological polar surface area (TPSA) is 123 Å². The molecule has 4 heterocycles. The van der Waals surface area contributed by atoms with Crippen LogP contribution in [-0.2, 0) is 16.1 Å². The van der Waals surface area contributed by atoms with Crippen LogP contribution in [0.2, 0.25) is 0 Å². The Kier molecular flexibility index (Phi) is 7.90. The Morgan fingerprint density at radius 2 is 1.85 bits per heavy atom. The van der Waals surface area contributed by atoms with Crippen molar-refractivity contribution in [1.29, 1.82) is 0 Å². The number of aromatic nitrogens is 3. The van der Waals surface area contributed by atoms with E-state index in [-0.39, 0.29) is 36.7 Å². The fourth-order valence-corrected chi connectivity index (χ4v) is 5.66. The summed E-state index contributed by atoms with van der Waals surface area (Å²) in [5.41, 5.74) is 3.73. The quantitative estimate of drug-likeness (QED) is 0.533. The molecular formula is C29H36N6O5. The van der Waals surface area contributed by atoms with Crippen LogP contribution in [0.3, 0.4) is 0 Å². The van der Waals surface area contributed by atoms with Crippen molar-refractivity contribution in [2.24, 2.45) is 5.92 Å². The minimum atomic E-state index is -0.436. The van der Waals surface area contributed by atoms with Gasteiger partial charge in [0.2, 0.25) is 11.8 Å². The number of amides is 3. The summed E-state index contributed by atoms with van der Waals surface area (Å²) in [5, 5.41) is 11.4. The highest BCUT2D eigenvalue weighted by atomic mass is 16.5. The molecule has 0 radical (unpaired) electrons. The van der Waals surface area contributed by atoms with Crippen molar-refractivity contribution in [3.63, 3.8) is 0 Å². The normalized spacial score (nSPS) is 19.9. The smallest absolute Gasteiger partial charge is 0.259 e. The molecule has 0 saturated carbocycles. The predicted molar refractivity (Wildman–Crippen MR) is 146 cm³/mol. The second kappa shape index (κ2) is 11.5. The second-order valence-electron chi connectivity index (χ2n) is 10.7. The molecule has 0 spiro atoms. The lowest BCUT2D eigenvalue weighted by Gasteiger charge is -2.25. The van der Waals surface area contributed by atoms with Crippen molar-refractivity contribution in [2.75, 3.05) is 39.3 Å². The van der Waals surface area contributed by atoms with Gasteiger partial charge in [0, 0.05) is 44.3 Å². The molecule has 3 amide bonds. The lowest BCUT2D eigenvalue weighted by molar-refractivity contribution is -0.131. The fourth-order valence-electron chi connectivity index (χ4n) is 5.66. The number of hydrogen-bond acceptors (Lipinski definition) is 7. The molecule has 2 aromatic heterocycles. The van der Waals surface area contributed by atoms with Crippen molar-refractivity contribution >= 4 is 17.7 Å². The molecule has 1 fully saturated rings. The third kappa shape index (κ3) is 5.73. The van der Waals surface area contributed by atoms with E-state index in [2.05, 4.69) is 15.6 Å². The number of carbonyl (C=O) groups excluding carboxylic acids is 3. The van der Waals surface area contributed by atoms with Crippen LogP contribution in [0.1, 0.15) is 51.1 Å². The zero-order chi connectivity index (χ0) is 28.4. The average Bonchev–Trinajstić information content (AvgIpc) is 3.61. The van der Waals surface area contributed by atoms with Gasteiger partial charge >= 0.3 is 0 Å². The second-order valence-corrected chi connectivity index (χ2v) is 10.7. The van der Waals surface area contributed by atoms with Gasteiger partial charge in [-0.05, 0) is 57.9 Å². The molecule has 1 aromatic carbocycles. The number of ether oxygens (including phenoxy) is 1. The molecule has 11 heteroatoms. The number of nitrogens with one attached hydrogen (secondary N) is 1. The van der Waals surface area contributed by atoms with Gasteiger partial charge in [-0.3, -0.25) is 19.1 Å². The summed E-state index contributed by atoms with van der Waals surface area (Å²) in [6, 6.07) is 9.69. The van der Waals surface area contributed by atoms with Crippen LogP contribution < -0.4 is 10.1 Å². The molecule has 2 aliphatic rings. The van der Waals surface area contributed by atoms with Crippen LogP contribution in [0.25, 0.3) is 0 Å². The number of benzene rings is 1. The molecule has 3 aromatic rings. The molecular weight excluding hydrogens is 512 g/mol. The molecule has 2 atom stereocenters. The van der Waals surface area contributed by atoms with Crippen molar-refractivity contribution in [2.45, 2.75) is 46.6 Å². The van der Waals surface area contributed by atoms with Gasteiger partial charge < -0.3 is 24.4 Å². The van der Waals surface area contributed by atoms with Crippen molar-refractivity contribution in [1.82, 2.24) is 30.1 Å². The SMILES string of the molecule is Cc1cc(C)n(CC(=O)N2C[C@@H]3C(=O)NCCN(C(=O)c4c(C)noc4C)CCCOc4cccc(c4)[C@H]3C2)n1. The van der Waals surface area contributed by atoms with E-state index < -0.39 is 5.92 Å². The minimum absolute atomic E-state index is 0.0759. The molecule has 40 heavy (non-hydrogen) atoms. The standard InChI is InChI=1S/C29H36N6O5/c1-18-13-19(2)35(31-18)17-26(36)34-15-24-22-7-5-8-23(14-22)39-12-6-10-33(11-9-30-28(37)25(24)16-34)29(38)27-20(3)32-40-21(27)4/h5,7-8,13-14,24-25H,6,9-12,15-17H2,1-4H3,(H,30,37)/t24-,25+/m1/s1. The molecule has 2 aliphatic heterocycles. The largest absolute Gasteiger partial charge is 0.494 e. The summed E-state index contributed by atoms with van der Waals surface area (Å²) in [5.74, 6) is 0.153. The summed E-state index contributed by atoms with van der Waals surface area (Å²) in [7, 11) is 0. The lowest BCUT2D eigenvalue weighted by Crippen LogP contribution is -2.42. The summed E-state index contributed by atoms with van der Waals surface area (Å²) in [6.07, 6.45) is 0.619. The van der Waals surface area contributed by atoms with Gasteiger partial charge in [0.1, 0.15) is 23.6 Å². The first-order valence-electron chi connectivity index (χ1n) is 13.7. The Balaban J connectivity index is 1.36. The van der Waals surface area contributed by atoms with E-state index in [0.717, 1.165) is 17.0 Å². The first kappa shape index (κ1) is 27.4. The van der Waals surface area contributed by atoms with E-state index in [4.69, 9.17) is 9.26 Å². The van der Waals surface area contributed by atoms with Crippen LogP contribution in [0, 0.1) is 33.6 Å². The number of likely N-dealkylation sites (tertiary alicyclic amines) is 1. The Hall–Kier alpha value is -4.15. The molecule has 0 unspecified atom stereocenters. The average molecular weight is 549 g/mol. The minimum Gasteiger partial charge on any atom is -0.494 e. The Bertz CT molecular complexity index is 1390. The Morgan fingerprint density at radius 3 is 2.58 bits per heavy atom. The van der Waals surface area contributed by atoms with Gasteiger partial charge in [0.15, 0.2) is 0 Å². The molecule has 212 valence electrons. The summed E-state index contributed by atoms with van der Waals surface area (Å²) in [6.45, 7) is 9.66. The maximum Gasteiger partial charge on any atom is 0.259 e. The molecule has 11 nitrogen and oxygen atoms in total. The Morgan fingerprint density at radius 1 is 1.05 bits per heavy atom. The zero-order valence-corrected chi connectivity index (χ0v) is 23.5. The maximum atomic E-state index is 13.5. The van der Waals surface area contributed by atoms with Gasteiger partial charge in [-0.25, -0.2) is 0 Å². The number of carbonyl (C=O) groups is 3. The van der Waals surface area contributed by atoms with Gasteiger partial charge in [-0.15, -0.1) is 0 Å². The Labute approximate surface area is 233 Å². The van der Waals surface area contributed by atoms with E-state index >= 15 is 0 Å². The van der Waals surface area contributed by atoms with Crippen molar-refractivity contribution in [3.05, 3.63) is 64.3 Å². The van der Waals surface area contributed by atoms with E-state index in [0.29, 0.717) is 62.0 Å². The highest BCUT2D eigenvalue weighted by Gasteiger charge is 2.40. The summed E-state index contributed by atoms with van der Waals surface area (Å²) < 4.78 is 13.0. The molecule has 1 saturated heterocycles. The maximum absolute atomic E-state index is 13.5. The highest BCUT2D eigenvalue weighted by Crippen LogP contribution is 2.35. The van der Waals surface area contributed by atoms with Crippen LogP contribution in [0.5, 0.6) is 5.75 Å². The van der Waals surface area contributed by atoms with Crippen LogP contribution >= 0.6 is 0 Å². The monoisotopic (exact) mass is 548 g/mol. The zero-order valence-electron chi connectivity index (χ0n) is 23.5. The van der Waals surface area contributed by atoms with E-state index in [9.17, 15) is 14.4 Å². The third-order valence-electron chi connectivity index (χ3n) is 7.74. The van der Waals surface area contributed by atoms with Crippen molar-refractivity contribution in [3.8, 4) is 5.75 Å². The van der Waals surface area contributed by atoms with E-state index in [1.807, 2.05) is 44.2 Å². The molecule has 0 aliphatic carbocycles. The molecule has 1 N–H and O–H groups in total.